The van der Waals surface area contributed by atoms with E-state index < -0.39 is 9.84 Å². The number of hydrogen-bond donors (Lipinski definition) is 2. The quantitative estimate of drug-likeness (QED) is 0.910. The normalized spacial score (nSPS) is 11.0. The summed E-state index contributed by atoms with van der Waals surface area (Å²) < 4.78 is 23.1. The first-order chi connectivity index (χ1) is 10.4. The van der Waals surface area contributed by atoms with Crippen molar-refractivity contribution >= 4 is 21.6 Å². The molecule has 0 aliphatic carbocycles. The van der Waals surface area contributed by atoms with E-state index in [1.165, 1.54) is 12.1 Å². The van der Waals surface area contributed by atoms with Crippen molar-refractivity contribution in [1.82, 2.24) is 5.32 Å². The molecule has 2 aromatic carbocycles. The van der Waals surface area contributed by atoms with Crippen LogP contribution in [0.4, 0.5) is 10.5 Å². The number of benzene rings is 2. The summed E-state index contributed by atoms with van der Waals surface area (Å²) in [6.07, 6.45) is 1.14. The maximum Gasteiger partial charge on any atom is 0.319 e. The number of hydrogen-bond acceptors (Lipinski definition) is 3. The minimum Gasteiger partial charge on any atom is -0.334 e. The monoisotopic (exact) mass is 318 g/mol. The van der Waals surface area contributed by atoms with Gasteiger partial charge in [-0.05, 0) is 30.2 Å². The zero-order chi connectivity index (χ0) is 16.2. The molecule has 2 N–H and O–H groups in total. The van der Waals surface area contributed by atoms with Crippen molar-refractivity contribution in [2.24, 2.45) is 0 Å². The molecule has 0 unspecified atom stereocenters. The third-order valence-corrected chi connectivity index (χ3v) is 4.29. The van der Waals surface area contributed by atoms with Gasteiger partial charge in [-0.3, -0.25) is 0 Å². The summed E-state index contributed by atoms with van der Waals surface area (Å²) in [6, 6.07) is 13.8. The molecular formula is C16H18N2O3S. The van der Waals surface area contributed by atoms with Gasteiger partial charge in [0.1, 0.15) is 0 Å². The highest BCUT2D eigenvalue weighted by molar-refractivity contribution is 7.90. The van der Waals surface area contributed by atoms with Gasteiger partial charge in [-0.25, -0.2) is 13.2 Å². The van der Waals surface area contributed by atoms with Crippen LogP contribution >= 0.6 is 0 Å². The van der Waals surface area contributed by atoms with Crippen molar-refractivity contribution in [2.45, 2.75) is 18.4 Å². The molecule has 0 aromatic heterocycles. The lowest BCUT2D eigenvalue weighted by Gasteiger charge is -2.11. The Bertz CT molecular complexity index is 771. The number of rotatable bonds is 4. The molecule has 22 heavy (non-hydrogen) atoms. The van der Waals surface area contributed by atoms with Crippen molar-refractivity contribution in [3.05, 3.63) is 59.7 Å². The van der Waals surface area contributed by atoms with Gasteiger partial charge in [0.25, 0.3) is 0 Å². The summed E-state index contributed by atoms with van der Waals surface area (Å²) in [5.41, 5.74) is 2.26. The van der Waals surface area contributed by atoms with Crippen molar-refractivity contribution < 1.29 is 13.2 Å². The highest BCUT2D eigenvalue weighted by Gasteiger charge is 2.11. The largest absolute Gasteiger partial charge is 0.334 e. The number of urea groups is 1. The number of amides is 2. The highest BCUT2D eigenvalue weighted by atomic mass is 32.2. The first kappa shape index (κ1) is 16.0. The zero-order valence-corrected chi connectivity index (χ0v) is 13.3. The van der Waals surface area contributed by atoms with Crippen LogP contribution in [0.2, 0.25) is 0 Å². The van der Waals surface area contributed by atoms with Crippen LogP contribution in [0.5, 0.6) is 0 Å². The lowest BCUT2D eigenvalue weighted by molar-refractivity contribution is 0.251. The van der Waals surface area contributed by atoms with E-state index in [9.17, 15) is 13.2 Å². The van der Waals surface area contributed by atoms with E-state index in [0.29, 0.717) is 12.2 Å². The zero-order valence-electron chi connectivity index (χ0n) is 12.5. The molecule has 116 valence electrons. The first-order valence-electron chi connectivity index (χ1n) is 6.76. The maximum absolute atomic E-state index is 11.9. The van der Waals surface area contributed by atoms with E-state index in [0.717, 1.165) is 17.4 Å². The van der Waals surface area contributed by atoms with Crippen LogP contribution in [-0.4, -0.2) is 20.7 Å². The summed E-state index contributed by atoms with van der Waals surface area (Å²) in [6.45, 7) is 2.20. The molecule has 2 aromatic rings. The Morgan fingerprint density at radius 3 is 2.41 bits per heavy atom. The van der Waals surface area contributed by atoms with E-state index in [4.69, 9.17) is 0 Å². The van der Waals surface area contributed by atoms with Crippen LogP contribution in [0.15, 0.2) is 53.4 Å². The minimum absolute atomic E-state index is 0.177. The van der Waals surface area contributed by atoms with Gasteiger partial charge in [0, 0.05) is 18.5 Å². The second kappa shape index (κ2) is 6.62. The average Bonchev–Trinajstić information content (AvgIpc) is 2.47. The molecule has 0 radical (unpaired) electrons. The predicted molar refractivity (Wildman–Crippen MR) is 86.6 cm³/mol. The van der Waals surface area contributed by atoms with E-state index >= 15 is 0 Å². The van der Waals surface area contributed by atoms with Gasteiger partial charge in [0.05, 0.1) is 4.90 Å². The highest BCUT2D eigenvalue weighted by Crippen LogP contribution is 2.20. The van der Waals surface area contributed by atoms with Gasteiger partial charge in [0.2, 0.25) is 0 Å². The fraction of sp³-hybridized carbons (Fsp3) is 0.188. The van der Waals surface area contributed by atoms with E-state index in [1.54, 1.807) is 13.0 Å². The number of nitrogens with one attached hydrogen (secondary N) is 2. The molecule has 0 spiro atoms. The van der Waals surface area contributed by atoms with E-state index in [-0.39, 0.29) is 10.9 Å². The molecule has 0 atom stereocenters. The lowest BCUT2D eigenvalue weighted by Crippen LogP contribution is -2.28. The van der Waals surface area contributed by atoms with Crippen LogP contribution in [0.1, 0.15) is 11.1 Å². The van der Waals surface area contributed by atoms with Crippen molar-refractivity contribution in [2.75, 3.05) is 11.6 Å². The third-order valence-electron chi connectivity index (χ3n) is 3.18. The van der Waals surface area contributed by atoms with E-state index in [1.807, 2.05) is 30.3 Å². The van der Waals surface area contributed by atoms with Gasteiger partial charge >= 0.3 is 6.03 Å². The summed E-state index contributed by atoms with van der Waals surface area (Å²) in [7, 11) is -3.30. The number of anilines is 1. The Kier molecular flexibility index (Phi) is 4.82. The molecule has 0 heterocycles. The molecule has 6 heteroatoms. The molecule has 0 saturated carbocycles. The van der Waals surface area contributed by atoms with Crippen molar-refractivity contribution in [3.8, 4) is 0 Å². The minimum atomic E-state index is -3.30. The van der Waals surface area contributed by atoms with Gasteiger partial charge in [-0.1, -0.05) is 36.4 Å². The van der Waals surface area contributed by atoms with Gasteiger partial charge in [-0.2, -0.15) is 0 Å². The molecule has 2 rings (SSSR count). The van der Waals surface area contributed by atoms with Crippen molar-refractivity contribution in [1.29, 1.82) is 0 Å². The van der Waals surface area contributed by atoms with Gasteiger partial charge < -0.3 is 10.6 Å². The molecule has 0 fully saturated rings. The van der Waals surface area contributed by atoms with Crippen LogP contribution in [0, 0.1) is 6.92 Å². The maximum atomic E-state index is 11.9. The van der Waals surface area contributed by atoms with Crippen molar-refractivity contribution in [3.63, 3.8) is 0 Å². The second-order valence-electron chi connectivity index (χ2n) is 5.04. The molecule has 0 aliphatic heterocycles. The van der Waals surface area contributed by atoms with E-state index in [2.05, 4.69) is 10.6 Å². The van der Waals surface area contributed by atoms with Gasteiger partial charge in [-0.15, -0.1) is 0 Å². The van der Waals surface area contributed by atoms with Crippen LogP contribution in [0.3, 0.4) is 0 Å². The summed E-state index contributed by atoms with van der Waals surface area (Å²) >= 11 is 0. The number of sulfone groups is 1. The number of carbonyl (C=O) groups excluding carboxylic acids is 1. The Morgan fingerprint density at radius 2 is 1.77 bits per heavy atom. The fourth-order valence-corrected chi connectivity index (χ4v) is 2.56. The second-order valence-corrected chi connectivity index (χ2v) is 7.06. The smallest absolute Gasteiger partial charge is 0.319 e. The molecular weight excluding hydrogens is 300 g/mol. The Hall–Kier alpha value is -2.34. The Morgan fingerprint density at radius 1 is 1.09 bits per heavy atom. The predicted octanol–water partition coefficient (Wildman–Crippen LogP) is 2.72. The SMILES string of the molecule is Cc1ccc(S(C)(=O)=O)cc1NC(=O)NCc1ccccc1. The van der Waals surface area contributed by atoms with Crippen LogP contribution in [0.25, 0.3) is 0 Å². The fourth-order valence-electron chi connectivity index (χ4n) is 1.91. The topological polar surface area (TPSA) is 75.3 Å². The molecule has 0 aliphatic rings. The Balaban J connectivity index is 2.05. The van der Waals surface area contributed by atoms with Crippen LogP contribution < -0.4 is 10.6 Å². The molecule has 5 nitrogen and oxygen atoms in total. The molecule has 2 amide bonds. The number of carbonyl (C=O) groups is 1. The average molecular weight is 318 g/mol. The third kappa shape index (κ3) is 4.33. The summed E-state index contributed by atoms with van der Waals surface area (Å²) in [4.78, 5) is 12.1. The Labute approximate surface area is 130 Å². The standard InChI is InChI=1S/C16H18N2O3S/c1-12-8-9-14(22(2,20)21)10-15(12)18-16(19)17-11-13-6-4-3-5-7-13/h3-10H,11H2,1-2H3,(H2,17,18,19). The summed E-state index contributed by atoms with van der Waals surface area (Å²) in [5.74, 6) is 0. The summed E-state index contributed by atoms with van der Waals surface area (Å²) in [5, 5.41) is 5.41. The molecule has 0 bridgehead atoms. The molecule has 0 saturated heterocycles. The van der Waals surface area contributed by atoms with Gasteiger partial charge in [0.15, 0.2) is 9.84 Å². The number of aryl methyl sites for hydroxylation is 1. The van der Waals surface area contributed by atoms with Crippen LogP contribution in [-0.2, 0) is 16.4 Å². The first-order valence-corrected chi connectivity index (χ1v) is 8.65. The lowest BCUT2D eigenvalue weighted by atomic mass is 10.2.